The van der Waals surface area contributed by atoms with Crippen LogP contribution in [0.5, 0.6) is 11.5 Å². The van der Waals surface area contributed by atoms with E-state index in [-0.39, 0.29) is 6.54 Å². The number of methoxy groups -OCH3 is 2. The van der Waals surface area contributed by atoms with Gasteiger partial charge in [0.15, 0.2) is 11.5 Å². The number of carbonyl (C=O) groups is 2. The van der Waals surface area contributed by atoms with Crippen LogP contribution in [0.3, 0.4) is 0 Å². The third-order valence-corrected chi connectivity index (χ3v) is 3.56. The van der Waals surface area contributed by atoms with Gasteiger partial charge < -0.3 is 20.1 Å². The molecule has 0 radical (unpaired) electrons. The standard InChI is InChI=1S/C18H21N3O4/c1-24-15-4-3-13(11-16(15)25-2)7-10-20-17(22)18(23)21-12-14-5-8-19-9-6-14/h3-6,8-9,11H,7,10,12H2,1-2H3,(H,20,22)(H,21,23). The predicted molar refractivity (Wildman–Crippen MR) is 92.3 cm³/mol. The fourth-order valence-electron chi connectivity index (χ4n) is 2.20. The first-order valence-electron chi connectivity index (χ1n) is 7.80. The summed E-state index contributed by atoms with van der Waals surface area (Å²) in [6.07, 6.45) is 3.83. The van der Waals surface area contributed by atoms with Crippen molar-refractivity contribution in [3.8, 4) is 11.5 Å². The van der Waals surface area contributed by atoms with Crippen LogP contribution in [0, 0.1) is 0 Å². The molecule has 0 unspecified atom stereocenters. The molecule has 132 valence electrons. The highest BCUT2D eigenvalue weighted by atomic mass is 16.5. The van der Waals surface area contributed by atoms with Crippen LogP contribution >= 0.6 is 0 Å². The second kappa shape index (κ2) is 9.27. The Labute approximate surface area is 146 Å². The second-order valence-corrected chi connectivity index (χ2v) is 5.23. The van der Waals surface area contributed by atoms with Crippen LogP contribution in [0.4, 0.5) is 0 Å². The van der Waals surface area contributed by atoms with Crippen LogP contribution in [0.25, 0.3) is 0 Å². The molecule has 0 bridgehead atoms. The number of carbonyl (C=O) groups excluding carboxylic acids is 2. The zero-order chi connectivity index (χ0) is 18.1. The summed E-state index contributed by atoms with van der Waals surface area (Å²) in [6.45, 7) is 0.626. The summed E-state index contributed by atoms with van der Waals surface area (Å²) in [5, 5.41) is 5.16. The van der Waals surface area contributed by atoms with E-state index < -0.39 is 11.8 Å². The number of nitrogens with zero attached hydrogens (tertiary/aromatic N) is 1. The van der Waals surface area contributed by atoms with Crippen molar-refractivity contribution in [1.29, 1.82) is 0 Å². The summed E-state index contributed by atoms with van der Waals surface area (Å²) in [5.41, 5.74) is 1.84. The van der Waals surface area contributed by atoms with Gasteiger partial charge in [-0.3, -0.25) is 14.6 Å². The lowest BCUT2D eigenvalue weighted by Gasteiger charge is -2.10. The maximum absolute atomic E-state index is 11.8. The second-order valence-electron chi connectivity index (χ2n) is 5.23. The Hall–Kier alpha value is -3.09. The van der Waals surface area contributed by atoms with Gasteiger partial charge in [0.25, 0.3) is 0 Å². The highest BCUT2D eigenvalue weighted by molar-refractivity contribution is 6.35. The quantitative estimate of drug-likeness (QED) is 0.734. The van der Waals surface area contributed by atoms with Gasteiger partial charge in [-0.05, 0) is 41.8 Å². The Bertz CT molecular complexity index is 720. The maximum Gasteiger partial charge on any atom is 0.309 e. The molecule has 7 heteroatoms. The van der Waals surface area contributed by atoms with Gasteiger partial charge >= 0.3 is 11.8 Å². The number of nitrogens with one attached hydrogen (secondary N) is 2. The lowest BCUT2D eigenvalue weighted by Crippen LogP contribution is -2.40. The lowest BCUT2D eigenvalue weighted by molar-refractivity contribution is -0.139. The van der Waals surface area contributed by atoms with E-state index in [1.807, 2.05) is 12.1 Å². The van der Waals surface area contributed by atoms with Gasteiger partial charge in [0.1, 0.15) is 0 Å². The summed E-state index contributed by atoms with van der Waals surface area (Å²) < 4.78 is 10.4. The Kier molecular flexibility index (Phi) is 6.76. The molecule has 0 aliphatic carbocycles. The zero-order valence-electron chi connectivity index (χ0n) is 14.2. The highest BCUT2D eigenvalue weighted by Crippen LogP contribution is 2.27. The molecule has 2 amide bonds. The van der Waals surface area contributed by atoms with Crippen molar-refractivity contribution in [3.05, 3.63) is 53.9 Å². The summed E-state index contributed by atoms with van der Waals surface area (Å²) in [7, 11) is 3.14. The number of hydrogen-bond donors (Lipinski definition) is 2. The minimum Gasteiger partial charge on any atom is -0.493 e. The molecule has 0 spiro atoms. The van der Waals surface area contributed by atoms with E-state index in [9.17, 15) is 9.59 Å². The zero-order valence-corrected chi connectivity index (χ0v) is 14.2. The summed E-state index contributed by atoms with van der Waals surface area (Å²) >= 11 is 0. The van der Waals surface area contributed by atoms with E-state index >= 15 is 0 Å². The van der Waals surface area contributed by atoms with E-state index in [1.165, 1.54) is 0 Å². The molecular weight excluding hydrogens is 322 g/mol. The molecule has 0 aliphatic rings. The fraction of sp³-hybridized carbons (Fsp3) is 0.278. The van der Waals surface area contributed by atoms with E-state index in [0.717, 1.165) is 11.1 Å². The van der Waals surface area contributed by atoms with Crippen molar-refractivity contribution in [2.45, 2.75) is 13.0 Å². The Morgan fingerprint density at radius 2 is 1.60 bits per heavy atom. The average Bonchev–Trinajstić information content (AvgIpc) is 2.66. The van der Waals surface area contributed by atoms with Gasteiger partial charge in [0.05, 0.1) is 14.2 Å². The molecule has 7 nitrogen and oxygen atoms in total. The number of hydrogen-bond acceptors (Lipinski definition) is 5. The molecule has 0 saturated heterocycles. The first-order valence-corrected chi connectivity index (χ1v) is 7.80. The van der Waals surface area contributed by atoms with Gasteiger partial charge in [0.2, 0.25) is 0 Å². The van der Waals surface area contributed by atoms with Crippen molar-refractivity contribution >= 4 is 11.8 Å². The maximum atomic E-state index is 11.8. The molecule has 1 aromatic carbocycles. The van der Waals surface area contributed by atoms with Crippen molar-refractivity contribution in [2.24, 2.45) is 0 Å². The number of rotatable bonds is 7. The molecule has 25 heavy (non-hydrogen) atoms. The molecular formula is C18H21N3O4. The smallest absolute Gasteiger partial charge is 0.309 e. The van der Waals surface area contributed by atoms with Crippen molar-refractivity contribution in [2.75, 3.05) is 20.8 Å². The number of benzene rings is 1. The van der Waals surface area contributed by atoms with Gasteiger partial charge in [-0.2, -0.15) is 0 Å². The van der Waals surface area contributed by atoms with Crippen LogP contribution in [0.2, 0.25) is 0 Å². The van der Waals surface area contributed by atoms with Gasteiger partial charge in [0, 0.05) is 25.5 Å². The Morgan fingerprint density at radius 3 is 2.28 bits per heavy atom. The first-order chi connectivity index (χ1) is 12.1. The normalized spacial score (nSPS) is 10.0. The van der Waals surface area contributed by atoms with E-state index in [4.69, 9.17) is 9.47 Å². The average molecular weight is 343 g/mol. The largest absolute Gasteiger partial charge is 0.493 e. The minimum absolute atomic E-state index is 0.282. The van der Waals surface area contributed by atoms with Crippen LogP contribution in [0.1, 0.15) is 11.1 Å². The monoisotopic (exact) mass is 343 g/mol. The minimum atomic E-state index is -0.663. The highest BCUT2D eigenvalue weighted by Gasteiger charge is 2.12. The third-order valence-electron chi connectivity index (χ3n) is 3.56. The molecule has 1 aromatic heterocycles. The number of amides is 2. The van der Waals surface area contributed by atoms with Gasteiger partial charge in [-0.1, -0.05) is 6.07 Å². The van der Waals surface area contributed by atoms with Crippen LogP contribution < -0.4 is 20.1 Å². The number of aromatic nitrogens is 1. The summed E-state index contributed by atoms with van der Waals surface area (Å²) in [5.74, 6) is -0.0501. The molecule has 1 heterocycles. The van der Waals surface area contributed by atoms with E-state index in [0.29, 0.717) is 24.5 Å². The molecule has 0 saturated carbocycles. The molecule has 0 atom stereocenters. The molecule has 2 aromatic rings. The van der Waals surface area contributed by atoms with Gasteiger partial charge in [-0.25, -0.2) is 0 Å². The van der Waals surface area contributed by atoms with E-state index in [2.05, 4.69) is 15.6 Å². The molecule has 0 aliphatic heterocycles. The molecule has 0 fully saturated rings. The SMILES string of the molecule is COc1ccc(CCNC(=O)C(=O)NCc2ccncc2)cc1OC. The van der Waals surface area contributed by atoms with Crippen LogP contribution in [-0.4, -0.2) is 37.6 Å². The van der Waals surface area contributed by atoms with Crippen molar-refractivity contribution in [3.63, 3.8) is 0 Å². The fourth-order valence-corrected chi connectivity index (χ4v) is 2.20. The summed E-state index contributed by atoms with van der Waals surface area (Å²) in [4.78, 5) is 27.5. The predicted octanol–water partition coefficient (Wildman–Crippen LogP) is 1.07. The Morgan fingerprint density at radius 1 is 0.920 bits per heavy atom. The van der Waals surface area contributed by atoms with Crippen LogP contribution in [-0.2, 0) is 22.6 Å². The number of ether oxygens (including phenoxy) is 2. The first kappa shape index (κ1) is 18.3. The van der Waals surface area contributed by atoms with Crippen molar-refractivity contribution < 1.29 is 19.1 Å². The van der Waals surface area contributed by atoms with Crippen molar-refractivity contribution in [1.82, 2.24) is 15.6 Å². The lowest BCUT2D eigenvalue weighted by atomic mass is 10.1. The van der Waals surface area contributed by atoms with Gasteiger partial charge in [-0.15, -0.1) is 0 Å². The summed E-state index contributed by atoms with van der Waals surface area (Å²) in [6, 6.07) is 9.08. The van der Waals surface area contributed by atoms with E-state index in [1.54, 1.807) is 44.8 Å². The number of pyridine rings is 1. The van der Waals surface area contributed by atoms with Crippen LogP contribution in [0.15, 0.2) is 42.7 Å². The topological polar surface area (TPSA) is 89.5 Å². The third kappa shape index (κ3) is 5.49. The molecule has 2 rings (SSSR count). The Balaban J connectivity index is 1.77. The molecule has 2 N–H and O–H groups in total.